The highest BCUT2D eigenvalue weighted by atomic mass is 32.2. The standard InChI is InChI=1S/C24H26F3N3O2S/c1-16-3-8-20(17(2)15-16)28-22(32)29-11-9-23(10-12-29)30(13-14-33-23)21(31)18-4-6-19(7-5-18)24(25,26)27/h3-8,15H,9-14H2,1-2H3,(H,28,32). The molecular formula is C24H26F3N3O2S. The van der Waals surface area contributed by atoms with Crippen LogP contribution in [-0.2, 0) is 6.18 Å². The molecule has 9 heteroatoms. The Morgan fingerprint density at radius 2 is 1.67 bits per heavy atom. The molecule has 2 aliphatic heterocycles. The number of thioether (sulfide) groups is 1. The SMILES string of the molecule is Cc1ccc(NC(=O)N2CCC3(CC2)SCCN3C(=O)c2ccc(C(F)(F)F)cc2)c(C)c1. The number of piperidine rings is 1. The number of hydrogen-bond acceptors (Lipinski definition) is 3. The molecule has 2 aromatic carbocycles. The van der Waals surface area contributed by atoms with Crippen LogP contribution >= 0.6 is 11.8 Å². The van der Waals surface area contributed by atoms with Crippen molar-refractivity contribution in [3.05, 3.63) is 64.7 Å². The summed E-state index contributed by atoms with van der Waals surface area (Å²) in [6.07, 6.45) is -3.20. The van der Waals surface area contributed by atoms with Crippen molar-refractivity contribution in [2.45, 2.75) is 37.7 Å². The number of amides is 3. The van der Waals surface area contributed by atoms with Gasteiger partial charge in [-0.05, 0) is 62.6 Å². The lowest BCUT2D eigenvalue weighted by atomic mass is 10.0. The van der Waals surface area contributed by atoms with Gasteiger partial charge >= 0.3 is 12.2 Å². The van der Waals surface area contributed by atoms with Crippen molar-refractivity contribution in [2.75, 3.05) is 30.7 Å². The quantitative estimate of drug-likeness (QED) is 0.618. The molecule has 0 radical (unpaired) electrons. The third kappa shape index (κ3) is 4.83. The summed E-state index contributed by atoms with van der Waals surface area (Å²) in [5.74, 6) is 0.503. The summed E-state index contributed by atoms with van der Waals surface area (Å²) in [5.41, 5.74) is 2.38. The van der Waals surface area contributed by atoms with Crippen LogP contribution in [0.3, 0.4) is 0 Å². The van der Waals surface area contributed by atoms with Gasteiger partial charge in [0.2, 0.25) is 0 Å². The Labute approximate surface area is 195 Å². The monoisotopic (exact) mass is 477 g/mol. The van der Waals surface area contributed by atoms with Crippen molar-refractivity contribution in [3.63, 3.8) is 0 Å². The number of hydrogen-bond donors (Lipinski definition) is 1. The van der Waals surface area contributed by atoms with E-state index in [9.17, 15) is 22.8 Å². The van der Waals surface area contributed by atoms with Crippen LogP contribution in [0.2, 0.25) is 0 Å². The molecule has 2 aliphatic rings. The van der Waals surface area contributed by atoms with Crippen LogP contribution in [0, 0.1) is 13.8 Å². The van der Waals surface area contributed by atoms with E-state index < -0.39 is 16.6 Å². The number of aryl methyl sites for hydroxylation is 2. The second kappa shape index (κ2) is 8.93. The molecule has 1 N–H and O–H groups in total. The van der Waals surface area contributed by atoms with E-state index >= 15 is 0 Å². The summed E-state index contributed by atoms with van der Waals surface area (Å²) >= 11 is 1.69. The van der Waals surface area contributed by atoms with E-state index in [0.717, 1.165) is 34.7 Å². The second-order valence-electron chi connectivity index (χ2n) is 8.56. The van der Waals surface area contributed by atoms with Gasteiger partial charge in [0.1, 0.15) is 0 Å². The molecule has 0 bridgehead atoms. The van der Waals surface area contributed by atoms with E-state index in [-0.39, 0.29) is 17.5 Å². The van der Waals surface area contributed by atoms with Crippen LogP contribution in [0.15, 0.2) is 42.5 Å². The van der Waals surface area contributed by atoms with Crippen LogP contribution in [0.4, 0.5) is 23.7 Å². The van der Waals surface area contributed by atoms with E-state index in [1.807, 2.05) is 32.0 Å². The topological polar surface area (TPSA) is 52.7 Å². The Hall–Kier alpha value is -2.68. The number of alkyl halides is 3. The molecule has 3 amide bonds. The van der Waals surface area contributed by atoms with Gasteiger partial charge in [0.05, 0.1) is 10.4 Å². The molecule has 2 fully saturated rings. The van der Waals surface area contributed by atoms with Crippen LogP contribution in [0.5, 0.6) is 0 Å². The van der Waals surface area contributed by atoms with Crippen molar-refractivity contribution in [1.82, 2.24) is 9.80 Å². The summed E-state index contributed by atoms with van der Waals surface area (Å²) in [6, 6.07) is 10.1. The number of likely N-dealkylation sites (tertiary alicyclic amines) is 1. The molecule has 0 aliphatic carbocycles. The number of carbonyl (C=O) groups is 2. The number of anilines is 1. The average Bonchev–Trinajstić information content (AvgIpc) is 3.18. The molecule has 0 aromatic heterocycles. The van der Waals surface area contributed by atoms with Crippen molar-refractivity contribution in [1.29, 1.82) is 0 Å². The first-order valence-corrected chi connectivity index (χ1v) is 11.8. The second-order valence-corrected chi connectivity index (χ2v) is 10.0. The number of nitrogens with one attached hydrogen (secondary N) is 1. The minimum absolute atomic E-state index is 0.166. The number of nitrogens with zero attached hydrogens (tertiary/aromatic N) is 2. The van der Waals surface area contributed by atoms with E-state index in [0.29, 0.717) is 32.5 Å². The lowest BCUT2D eigenvalue weighted by Crippen LogP contribution is -2.54. The van der Waals surface area contributed by atoms with Gasteiger partial charge < -0.3 is 15.1 Å². The van der Waals surface area contributed by atoms with E-state index in [1.54, 1.807) is 21.6 Å². The maximum absolute atomic E-state index is 13.1. The number of urea groups is 1. The minimum Gasteiger partial charge on any atom is -0.324 e. The van der Waals surface area contributed by atoms with Crippen LogP contribution in [0.1, 0.15) is 39.9 Å². The first-order chi connectivity index (χ1) is 15.6. The zero-order valence-corrected chi connectivity index (χ0v) is 19.4. The van der Waals surface area contributed by atoms with Crippen molar-refractivity contribution in [2.24, 2.45) is 0 Å². The average molecular weight is 478 g/mol. The Bertz CT molecular complexity index is 1050. The molecular weight excluding hydrogens is 451 g/mol. The third-order valence-electron chi connectivity index (χ3n) is 6.34. The van der Waals surface area contributed by atoms with Crippen LogP contribution in [-0.4, -0.2) is 52.0 Å². The Morgan fingerprint density at radius 3 is 2.27 bits per heavy atom. The molecule has 2 aromatic rings. The zero-order valence-electron chi connectivity index (χ0n) is 18.5. The largest absolute Gasteiger partial charge is 0.416 e. The Kier molecular flexibility index (Phi) is 6.35. The number of carbonyl (C=O) groups excluding carboxylic acids is 2. The smallest absolute Gasteiger partial charge is 0.324 e. The molecule has 2 saturated heterocycles. The molecule has 176 valence electrons. The maximum atomic E-state index is 13.1. The van der Waals surface area contributed by atoms with Gasteiger partial charge in [-0.25, -0.2) is 4.79 Å². The fourth-order valence-electron chi connectivity index (χ4n) is 4.47. The summed E-state index contributed by atoms with van der Waals surface area (Å²) in [4.78, 5) is 29.0. The molecule has 2 heterocycles. The molecule has 0 saturated carbocycles. The predicted octanol–water partition coefficient (Wildman–Crippen LogP) is 5.54. The Balaban J connectivity index is 1.41. The van der Waals surface area contributed by atoms with Crippen molar-refractivity contribution in [3.8, 4) is 0 Å². The molecule has 1 spiro atoms. The lowest BCUT2D eigenvalue weighted by molar-refractivity contribution is -0.137. The van der Waals surface area contributed by atoms with Crippen molar-refractivity contribution < 1.29 is 22.8 Å². The zero-order chi connectivity index (χ0) is 23.8. The van der Waals surface area contributed by atoms with Gasteiger partial charge in [-0.1, -0.05) is 17.7 Å². The summed E-state index contributed by atoms with van der Waals surface area (Å²) in [7, 11) is 0. The summed E-state index contributed by atoms with van der Waals surface area (Å²) < 4.78 is 38.6. The third-order valence-corrected chi connectivity index (χ3v) is 7.89. The van der Waals surface area contributed by atoms with Crippen LogP contribution in [0.25, 0.3) is 0 Å². The Morgan fingerprint density at radius 1 is 1.00 bits per heavy atom. The predicted molar refractivity (Wildman–Crippen MR) is 123 cm³/mol. The number of benzene rings is 2. The van der Waals surface area contributed by atoms with Crippen molar-refractivity contribution >= 4 is 29.4 Å². The van der Waals surface area contributed by atoms with Gasteiger partial charge in [-0.15, -0.1) is 11.8 Å². The van der Waals surface area contributed by atoms with Gasteiger partial charge in [-0.2, -0.15) is 13.2 Å². The lowest BCUT2D eigenvalue weighted by Gasteiger charge is -2.44. The molecule has 0 atom stereocenters. The fraction of sp³-hybridized carbons (Fsp3) is 0.417. The summed E-state index contributed by atoms with van der Waals surface area (Å²) in [6.45, 7) is 5.49. The normalized spacial score (nSPS) is 18.0. The van der Waals surface area contributed by atoms with Gasteiger partial charge in [0, 0.05) is 36.6 Å². The maximum Gasteiger partial charge on any atom is 0.416 e. The highest BCUT2D eigenvalue weighted by molar-refractivity contribution is 8.00. The summed E-state index contributed by atoms with van der Waals surface area (Å²) in [5, 5.41) is 2.97. The molecule has 33 heavy (non-hydrogen) atoms. The van der Waals surface area contributed by atoms with E-state index in [4.69, 9.17) is 0 Å². The number of rotatable bonds is 2. The minimum atomic E-state index is -4.43. The first-order valence-electron chi connectivity index (χ1n) is 10.9. The molecule has 0 unspecified atom stereocenters. The van der Waals surface area contributed by atoms with Gasteiger partial charge in [0.25, 0.3) is 5.91 Å². The molecule has 5 nitrogen and oxygen atoms in total. The van der Waals surface area contributed by atoms with Gasteiger partial charge in [-0.3, -0.25) is 4.79 Å². The van der Waals surface area contributed by atoms with E-state index in [2.05, 4.69) is 5.32 Å². The highest BCUT2D eigenvalue weighted by Gasteiger charge is 2.47. The first kappa shape index (κ1) is 23.5. The number of halogens is 3. The highest BCUT2D eigenvalue weighted by Crippen LogP contribution is 2.44. The van der Waals surface area contributed by atoms with E-state index in [1.165, 1.54) is 12.1 Å². The fourth-order valence-corrected chi connectivity index (χ4v) is 5.93. The van der Waals surface area contributed by atoms with Crippen LogP contribution < -0.4 is 5.32 Å². The van der Waals surface area contributed by atoms with Gasteiger partial charge in [0.15, 0.2) is 0 Å². The molecule has 4 rings (SSSR count).